The van der Waals surface area contributed by atoms with Crippen LogP contribution >= 0.6 is 0 Å². The number of aliphatic hydroxyl groups is 1. The smallest absolute Gasteiger partial charge is 0.0667 e. The van der Waals surface area contributed by atoms with E-state index in [4.69, 9.17) is 0 Å². The number of likely N-dealkylation sites (tertiary alicyclic amines) is 1. The van der Waals surface area contributed by atoms with E-state index in [-0.39, 0.29) is 6.10 Å². The highest BCUT2D eigenvalue weighted by Crippen LogP contribution is 2.13. The highest BCUT2D eigenvalue weighted by Gasteiger charge is 2.15. The third-order valence-electron chi connectivity index (χ3n) is 8.58. The van der Waals surface area contributed by atoms with Crippen molar-refractivity contribution < 1.29 is 5.11 Å². The lowest BCUT2D eigenvalue weighted by Crippen LogP contribution is -2.41. The van der Waals surface area contributed by atoms with Crippen LogP contribution in [0.25, 0.3) is 0 Å². The molecule has 1 atom stereocenters. The second-order valence-electron chi connectivity index (χ2n) is 12.4. The average molecular weight is 538 g/mol. The van der Waals surface area contributed by atoms with Crippen LogP contribution in [0.1, 0.15) is 162 Å². The Kier molecular flexibility index (Phi) is 26.8. The molecule has 1 saturated heterocycles. The van der Waals surface area contributed by atoms with E-state index in [1.807, 2.05) is 0 Å². The van der Waals surface area contributed by atoms with Gasteiger partial charge in [-0.2, -0.15) is 0 Å². The second kappa shape index (κ2) is 28.4. The van der Waals surface area contributed by atoms with Gasteiger partial charge in [0.2, 0.25) is 0 Å². The molecule has 0 aromatic heterocycles. The van der Waals surface area contributed by atoms with Crippen molar-refractivity contribution in [3.63, 3.8) is 0 Å². The van der Waals surface area contributed by atoms with Gasteiger partial charge in [-0.1, -0.05) is 123 Å². The lowest BCUT2D eigenvalue weighted by Gasteiger charge is -2.31. The van der Waals surface area contributed by atoms with Crippen LogP contribution in [0, 0.1) is 0 Å². The molecule has 0 spiro atoms. The molecule has 2 N–H and O–H groups in total. The Morgan fingerprint density at radius 1 is 0.605 bits per heavy atom. The van der Waals surface area contributed by atoms with Crippen molar-refractivity contribution >= 4 is 0 Å². The summed E-state index contributed by atoms with van der Waals surface area (Å²) in [6.45, 7) is 13.8. The van der Waals surface area contributed by atoms with Crippen molar-refractivity contribution in [2.45, 2.75) is 168 Å². The van der Waals surface area contributed by atoms with Crippen molar-refractivity contribution in [2.75, 3.05) is 52.4 Å². The number of nitrogens with zero attached hydrogens (tertiary/aromatic N) is 2. The monoisotopic (exact) mass is 538 g/mol. The standard InChI is InChI=1S/C34H71N3O/c1-3-5-7-9-11-13-15-19-25-34(38)33-37(32-31-36-28-23-18-24-29-36)30-22-17-21-27-35-26-20-16-14-12-10-8-6-4-2/h34-35,38H,3-33H2,1-2H3. The summed E-state index contributed by atoms with van der Waals surface area (Å²) in [5.41, 5.74) is 0. The van der Waals surface area contributed by atoms with Gasteiger partial charge in [0.25, 0.3) is 0 Å². The number of nitrogens with one attached hydrogen (secondary N) is 1. The molecule has 1 aliphatic rings. The first kappa shape index (κ1) is 35.9. The largest absolute Gasteiger partial charge is 0.392 e. The Morgan fingerprint density at radius 2 is 1.11 bits per heavy atom. The molecule has 228 valence electrons. The van der Waals surface area contributed by atoms with Crippen molar-refractivity contribution in [2.24, 2.45) is 0 Å². The summed E-state index contributed by atoms with van der Waals surface area (Å²) < 4.78 is 0. The highest BCUT2D eigenvalue weighted by molar-refractivity contribution is 4.70. The number of unbranched alkanes of at least 4 members (excludes halogenated alkanes) is 16. The molecule has 0 aromatic carbocycles. The van der Waals surface area contributed by atoms with Crippen molar-refractivity contribution in [1.82, 2.24) is 15.1 Å². The molecule has 0 bridgehead atoms. The first-order chi connectivity index (χ1) is 18.8. The van der Waals surface area contributed by atoms with Crippen LogP contribution in [0.5, 0.6) is 0 Å². The zero-order valence-electron chi connectivity index (χ0n) is 26.3. The van der Waals surface area contributed by atoms with Gasteiger partial charge in [-0.15, -0.1) is 0 Å². The fraction of sp³-hybridized carbons (Fsp3) is 1.00. The minimum atomic E-state index is -0.148. The minimum absolute atomic E-state index is 0.148. The third-order valence-corrected chi connectivity index (χ3v) is 8.58. The summed E-state index contributed by atoms with van der Waals surface area (Å²) in [7, 11) is 0. The van der Waals surface area contributed by atoms with E-state index < -0.39 is 0 Å². The molecule has 1 rings (SSSR count). The summed E-state index contributed by atoms with van der Waals surface area (Å²) in [5, 5.41) is 14.5. The Balaban J connectivity index is 2.11. The van der Waals surface area contributed by atoms with Crippen molar-refractivity contribution in [1.29, 1.82) is 0 Å². The van der Waals surface area contributed by atoms with E-state index in [0.717, 1.165) is 26.1 Å². The van der Waals surface area contributed by atoms with Crippen molar-refractivity contribution in [3.05, 3.63) is 0 Å². The maximum atomic E-state index is 10.8. The molecule has 1 unspecified atom stereocenters. The molecule has 4 heteroatoms. The average Bonchev–Trinajstić information content (AvgIpc) is 2.93. The number of aliphatic hydroxyl groups excluding tert-OH is 1. The SMILES string of the molecule is CCCCCCCCCCNCCCCCN(CCN1CCCCC1)CC(O)CCCCCCCCCC. The van der Waals surface area contributed by atoms with E-state index in [0.29, 0.717) is 0 Å². The number of piperidine rings is 1. The van der Waals surface area contributed by atoms with E-state index in [1.54, 1.807) is 0 Å². The van der Waals surface area contributed by atoms with Crippen LogP contribution in [0.15, 0.2) is 0 Å². The van der Waals surface area contributed by atoms with Gasteiger partial charge in [-0.25, -0.2) is 0 Å². The molecule has 0 amide bonds. The molecule has 0 aromatic rings. The number of hydrogen-bond acceptors (Lipinski definition) is 4. The van der Waals surface area contributed by atoms with Gasteiger partial charge >= 0.3 is 0 Å². The molecule has 1 aliphatic heterocycles. The summed E-state index contributed by atoms with van der Waals surface area (Å²) in [6, 6.07) is 0. The van der Waals surface area contributed by atoms with E-state index in [1.165, 1.54) is 174 Å². The maximum absolute atomic E-state index is 10.8. The lowest BCUT2D eigenvalue weighted by molar-refractivity contribution is 0.0919. The van der Waals surface area contributed by atoms with E-state index in [2.05, 4.69) is 29.0 Å². The van der Waals surface area contributed by atoms with Gasteiger partial charge in [0.15, 0.2) is 0 Å². The fourth-order valence-corrected chi connectivity index (χ4v) is 5.93. The molecule has 38 heavy (non-hydrogen) atoms. The number of rotatable bonds is 29. The lowest BCUT2D eigenvalue weighted by atomic mass is 10.1. The van der Waals surface area contributed by atoms with E-state index in [9.17, 15) is 5.11 Å². The van der Waals surface area contributed by atoms with Gasteiger partial charge in [0, 0.05) is 19.6 Å². The van der Waals surface area contributed by atoms with Gasteiger partial charge in [0.1, 0.15) is 0 Å². The summed E-state index contributed by atoms with van der Waals surface area (Å²) in [4.78, 5) is 5.23. The predicted octanol–water partition coefficient (Wildman–Crippen LogP) is 8.57. The summed E-state index contributed by atoms with van der Waals surface area (Å²) >= 11 is 0. The molecule has 0 aliphatic carbocycles. The Labute approximate surface area is 240 Å². The summed E-state index contributed by atoms with van der Waals surface area (Å²) in [5.74, 6) is 0. The fourth-order valence-electron chi connectivity index (χ4n) is 5.93. The topological polar surface area (TPSA) is 38.7 Å². The van der Waals surface area contributed by atoms with Crippen LogP contribution in [-0.2, 0) is 0 Å². The predicted molar refractivity (Wildman–Crippen MR) is 169 cm³/mol. The van der Waals surface area contributed by atoms with Gasteiger partial charge < -0.3 is 15.3 Å². The van der Waals surface area contributed by atoms with Crippen LogP contribution in [0.2, 0.25) is 0 Å². The van der Waals surface area contributed by atoms with Crippen LogP contribution < -0.4 is 5.32 Å². The Bertz CT molecular complexity index is 455. The third kappa shape index (κ3) is 23.7. The second-order valence-corrected chi connectivity index (χ2v) is 12.4. The molecule has 0 radical (unpaired) electrons. The van der Waals surface area contributed by atoms with E-state index >= 15 is 0 Å². The highest BCUT2D eigenvalue weighted by atomic mass is 16.3. The van der Waals surface area contributed by atoms with Crippen LogP contribution in [0.4, 0.5) is 0 Å². The number of hydrogen-bond donors (Lipinski definition) is 2. The zero-order chi connectivity index (χ0) is 27.4. The molecular formula is C34H71N3O. The molecular weight excluding hydrogens is 466 g/mol. The first-order valence-electron chi connectivity index (χ1n) is 17.6. The van der Waals surface area contributed by atoms with Gasteiger partial charge in [-0.05, 0) is 71.2 Å². The summed E-state index contributed by atoms with van der Waals surface area (Å²) in [6.07, 6.45) is 30.8. The normalized spacial score (nSPS) is 15.5. The van der Waals surface area contributed by atoms with Crippen molar-refractivity contribution in [3.8, 4) is 0 Å². The molecule has 4 nitrogen and oxygen atoms in total. The first-order valence-corrected chi connectivity index (χ1v) is 17.6. The van der Waals surface area contributed by atoms with Gasteiger partial charge in [-0.3, -0.25) is 4.90 Å². The molecule has 1 fully saturated rings. The maximum Gasteiger partial charge on any atom is 0.0667 e. The molecule has 1 heterocycles. The quantitative estimate of drug-likeness (QED) is 0.0937. The molecule has 0 saturated carbocycles. The van der Waals surface area contributed by atoms with Gasteiger partial charge in [0.05, 0.1) is 6.10 Å². The zero-order valence-corrected chi connectivity index (χ0v) is 26.3. The Morgan fingerprint density at radius 3 is 1.68 bits per heavy atom. The van der Waals surface area contributed by atoms with Crippen LogP contribution in [-0.4, -0.2) is 73.4 Å². The minimum Gasteiger partial charge on any atom is -0.392 e. The van der Waals surface area contributed by atoms with Crippen LogP contribution in [0.3, 0.4) is 0 Å². The Hall–Kier alpha value is -0.160.